The van der Waals surface area contributed by atoms with Crippen LogP contribution < -0.4 is 5.32 Å². The van der Waals surface area contributed by atoms with Crippen molar-refractivity contribution in [3.05, 3.63) is 87.3 Å². The molecule has 1 N–H and O–H groups in total. The van der Waals surface area contributed by atoms with Gasteiger partial charge in [-0.1, -0.05) is 74.0 Å². The lowest BCUT2D eigenvalue weighted by Gasteiger charge is -2.11. The lowest BCUT2D eigenvalue weighted by atomic mass is 10.0. The average molecular weight is 624 g/mol. The molecule has 5 nitrogen and oxygen atoms in total. The number of hydrogen-bond acceptors (Lipinski definition) is 5. The van der Waals surface area contributed by atoms with Crippen molar-refractivity contribution in [3.8, 4) is 22.5 Å². The highest BCUT2D eigenvalue weighted by molar-refractivity contribution is 9.10. The van der Waals surface area contributed by atoms with Crippen LogP contribution in [0.1, 0.15) is 5.56 Å². The van der Waals surface area contributed by atoms with Gasteiger partial charge in [0.25, 0.3) is 0 Å². The molecule has 0 bridgehead atoms. The van der Waals surface area contributed by atoms with E-state index in [1.807, 2.05) is 48.5 Å². The summed E-state index contributed by atoms with van der Waals surface area (Å²) in [6, 6.07) is 19.6. The van der Waals surface area contributed by atoms with Gasteiger partial charge in [-0.15, -0.1) is 10.2 Å². The first-order valence-electron chi connectivity index (χ1n) is 10.1. The van der Waals surface area contributed by atoms with Gasteiger partial charge in [-0.05, 0) is 42.5 Å². The Morgan fingerprint density at radius 2 is 1.46 bits per heavy atom. The minimum absolute atomic E-state index is 0.0607. The first kappa shape index (κ1) is 25.3. The number of carbonyl (C=O) groups is 1. The van der Waals surface area contributed by atoms with Gasteiger partial charge in [-0.3, -0.25) is 4.79 Å². The second-order valence-corrected chi connectivity index (χ2v) is 9.99. The molecule has 0 unspecified atom stereocenters. The number of aromatic nitrogens is 3. The molecule has 1 aromatic heterocycles. The highest BCUT2D eigenvalue weighted by Crippen LogP contribution is 2.32. The Morgan fingerprint density at radius 1 is 0.857 bits per heavy atom. The molecule has 178 valence electrons. The van der Waals surface area contributed by atoms with Crippen molar-refractivity contribution in [2.24, 2.45) is 0 Å². The van der Waals surface area contributed by atoms with E-state index in [0.29, 0.717) is 11.4 Å². The molecule has 3 aromatic carbocycles. The highest BCUT2D eigenvalue weighted by Gasteiger charge is 2.30. The molecular weight excluding hydrogens is 609 g/mol. The number of amides is 1. The molecule has 0 atom stereocenters. The van der Waals surface area contributed by atoms with E-state index in [4.69, 9.17) is 0 Å². The van der Waals surface area contributed by atoms with Crippen LogP contribution in [0.4, 0.5) is 18.9 Å². The van der Waals surface area contributed by atoms with E-state index in [-0.39, 0.29) is 16.6 Å². The van der Waals surface area contributed by atoms with Crippen molar-refractivity contribution < 1.29 is 18.0 Å². The molecule has 0 aliphatic carbocycles. The molecule has 0 aliphatic rings. The summed E-state index contributed by atoms with van der Waals surface area (Å²) in [5.74, 6) is -0.588. The Kier molecular flexibility index (Phi) is 7.88. The Morgan fingerprint density at radius 3 is 2.06 bits per heavy atom. The maximum Gasteiger partial charge on any atom is 0.416 e. The van der Waals surface area contributed by atoms with E-state index in [9.17, 15) is 18.0 Å². The Hall–Kier alpha value is -2.76. The molecule has 0 spiro atoms. The van der Waals surface area contributed by atoms with E-state index in [2.05, 4.69) is 52.4 Å². The number of nitrogens with zero attached hydrogens (tertiary/aromatic N) is 3. The third kappa shape index (κ3) is 6.68. The van der Waals surface area contributed by atoms with Gasteiger partial charge < -0.3 is 5.32 Å². The molecule has 11 heteroatoms. The Bertz CT molecular complexity index is 1350. The molecule has 1 heterocycles. The predicted molar refractivity (Wildman–Crippen MR) is 137 cm³/mol. The monoisotopic (exact) mass is 622 g/mol. The van der Waals surface area contributed by atoms with Gasteiger partial charge in [-0.25, -0.2) is 4.98 Å². The number of thioether (sulfide) groups is 1. The maximum atomic E-state index is 12.9. The SMILES string of the molecule is O=C(CSc1nnc(-c2ccc(Br)cc2)c(-c2ccc(Br)cc2)n1)Nc1cccc(C(F)(F)F)c1. The molecular formula is C24H15Br2F3N4OS. The number of anilines is 1. The zero-order valence-corrected chi connectivity index (χ0v) is 21.7. The summed E-state index contributed by atoms with van der Waals surface area (Å²) in [5, 5.41) is 11.3. The van der Waals surface area contributed by atoms with Gasteiger partial charge in [0.15, 0.2) is 0 Å². The minimum Gasteiger partial charge on any atom is -0.325 e. The number of nitrogens with one attached hydrogen (secondary N) is 1. The highest BCUT2D eigenvalue weighted by atomic mass is 79.9. The van der Waals surface area contributed by atoms with E-state index < -0.39 is 17.6 Å². The fourth-order valence-corrected chi connectivity index (χ4v) is 4.20. The van der Waals surface area contributed by atoms with Crippen molar-refractivity contribution in [1.29, 1.82) is 0 Å². The van der Waals surface area contributed by atoms with Crippen LogP contribution >= 0.6 is 43.6 Å². The molecule has 35 heavy (non-hydrogen) atoms. The van der Waals surface area contributed by atoms with Crippen molar-refractivity contribution in [2.75, 3.05) is 11.1 Å². The van der Waals surface area contributed by atoms with Crippen molar-refractivity contribution >= 4 is 55.2 Å². The normalized spacial score (nSPS) is 11.3. The predicted octanol–water partition coefficient (Wildman–Crippen LogP) is 7.48. The number of alkyl halides is 3. The molecule has 0 fully saturated rings. The smallest absolute Gasteiger partial charge is 0.325 e. The Labute approximate surface area is 219 Å². The third-order valence-electron chi connectivity index (χ3n) is 4.71. The van der Waals surface area contributed by atoms with E-state index in [0.717, 1.165) is 44.0 Å². The second-order valence-electron chi connectivity index (χ2n) is 7.22. The minimum atomic E-state index is -4.49. The quantitative estimate of drug-likeness (QED) is 0.226. The summed E-state index contributed by atoms with van der Waals surface area (Å²) in [5.41, 5.74) is 2.04. The summed E-state index contributed by atoms with van der Waals surface area (Å²) in [6.07, 6.45) is -4.49. The van der Waals surface area contributed by atoms with E-state index in [1.54, 1.807) is 0 Å². The number of rotatable bonds is 6. The summed E-state index contributed by atoms with van der Waals surface area (Å²) in [4.78, 5) is 17.0. The number of benzene rings is 3. The first-order chi connectivity index (χ1) is 16.7. The third-order valence-corrected chi connectivity index (χ3v) is 6.60. The van der Waals surface area contributed by atoms with Crippen LogP contribution in [-0.4, -0.2) is 26.8 Å². The van der Waals surface area contributed by atoms with E-state index >= 15 is 0 Å². The maximum absolute atomic E-state index is 12.9. The van der Waals surface area contributed by atoms with Gasteiger partial charge in [0, 0.05) is 25.8 Å². The molecule has 0 saturated heterocycles. The van der Waals surface area contributed by atoms with Crippen molar-refractivity contribution in [2.45, 2.75) is 11.3 Å². The molecule has 0 saturated carbocycles. The zero-order valence-electron chi connectivity index (χ0n) is 17.7. The van der Waals surface area contributed by atoms with Crippen LogP contribution in [0.15, 0.2) is 86.9 Å². The van der Waals surface area contributed by atoms with Crippen LogP contribution in [0.3, 0.4) is 0 Å². The fourth-order valence-electron chi connectivity index (χ4n) is 3.08. The summed E-state index contributed by atoms with van der Waals surface area (Å²) < 4.78 is 40.5. The molecule has 0 aliphatic heterocycles. The largest absolute Gasteiger partial charge is 0.416 e. The first-order valence-corrected chi connectivity index (χ1v) is 12.6. The number of halogens is 5. The van der Waals surface area contributed by atoms with Crippen LogP contribution in [0.25, 0.3) is 22.5 Å². The van der Waals surface area contributed by atoms with Gasteiger partial charge in [0.2, 0.25) is 11.1 Å². The molecule has 0 radical (unpaired) electrons. The lowest BCUT2D eigenvalue weighted by molar-refractivity contribution is -0.137. The summed E-state index contributed by atoms with van der Waals surface area (Å²) >= 11 is 7.88. The molecule has 1 amide bonds. The van der Waals surface area contributed by atoms with Gasteiger partial charge in [-0.2, -0.15) is 13.2 Å². The Balaban J connectivity index is 1.54. The van der Waals surface area contributed by atoms with Gasteiger partial charge in [0.05, 0.1) is 11.3 Å². The molecule has 4 rings (SSSR count). The van der Waals surface area contributed by atoms with Gasteiger partial charge >= 0.3 is 6.18 Å². The summed E-state index contributed by atoms with van der Waals surface area (Å²) in [6.45, 7) is 0. The van der Waals surface area contributed by atoms with Crippen molar-refractivity contribution in [1.82, 2.24) is 15.2 Å². The van der Waals surface area contributed by atoms with Crippen LogP contribution in [0, 0.1) is 0 Å². The number of hydrogen-bond donors (Lipinski definition) is 1. The lowest BCUT2D eigenvalue weighted by Crippen LogP contribution is -2.15. The number of carbonyl (C=O) groups excluding carboxylic acids is 1. The topological polar surface area (TPSA) is 67.8 Å². The van der Waals surface area contributed by atoms with E-state index in [1.165, 1.54) is 12.1 Å². The standard InChI is InChI=1S/C24H15Br2F3N4OS/c25-17-8-4-14(5-9-17)21-22(15-6-10-18(26)11-7-15)32-33-23(31-21)35-13-20(34)30-19-3-1-2-16(12-19)24(27,28)29/h1-12H,13H2,(H,30,34). The molecule has 4 aromatic rings. The van der Waals surface area contributed by atoms with Crippen molar-refractivity contribution in [3.63, 3.8) is 0 Å². The average Bonchev–Trinajstić information content (AvgIpc) is 2.83. The second kappa shape index (κ2) is 10.9. The zero-order chi connectivity index (χ0) is 25.0. The van der Waals surface area contributed by atoms with Gasteiger partial charge in [0.1, 0.15) is 11.4 Å². The fraction of sp³-hybridized carbons (Fsp3) is 0.0833. The summed E-state index contributed by atoms with van der Waals surface area (Å²) in [7, 11) is 0. The van der Waals surface area contributed by atoms with Crippen LogP contribution in [0.5, 0.6) is 0 Å². The van der Waals surface area contributed by atoms with Crippen LogP contribution in [0.2, 0.25) is 0 Å². The van der Waals surface area contributed by atoms with Crippen LogP contribution in [-0.2, 0) is 11.0 Å².